The molecule has 1 aromatic rings. The van der Waals surface area contributed by atoms with Crippen molar-refractivity contribution in [3.63, 3.8) is 0 Å². The van der Waals surface area contributed by atoms with Gasteiger partial charge in [0.25, 0.3) is 0 Å². The highest BCUT2D eigenvalue weighted by Crippen LogP contribution is 2.26. The van der Waals surface area contributed by atoms with E-state index in [1.165, 1.54) is 0 Å². The summed E-state index contributed by atoms with van der Waals surface area (Å²) < 4.78 is 16.8. The largest absolute Gasteiger partial charge is 0.493 e. The maximum Gasteiger partial charge on any atom is 0.191 e. The van der Waals surface area contributed by atoms with E-state index in [1.807, 2.05) is 31.2 Å². The normalized spacial score (nSPS) is 17.1. The number of rotatable bonds is 9. The molecule has 7 heteroatoms. The number of para-hydroxylation sites is 2. The second kappa shape index (κ2) is 11.1. The predicted octanol–water partition coefficient (Wildman–Crippen LogP) is 2.13. The van der Waals surface area contributed by atoms with Crippen molar-refractivity contribution < 1.29 is 14.2 Å². The van der Waals surface area contributed by atoms with Gasteiger partial charge in [0.15, 0.2) is 17.5 Å². The molecule has 0 radical (unpaired) electrons. The first kappa shape index (κ1) is 22.3. The van der Waals surface area contributed by atoms with Gasteiger partial charge in [-0.05, 0) is 39.8 Å². The van der Waals surface area contributed by atoms with Gasteiger partial charge in [-0.15, -0.1) is 0 Å². The highest BCUT2D eigenvalue weighted by molar-refractivity contribution is 5.79. The Kier molecular flexibility index (Phi) is 8.86. The Morgan fingerprint density at radius 3 is 2.54 bits per heavy atom. The molecule has 1 heterocycles. The van der Waals surface area contributed by atoms with Gasteiger partial charge >= 0.3 is 0 Å². The first-order valence-corrected chi connectivity index (χ1v) is 10.1. The highest BCUT2D eigenvalue weighted by atomic mass is 16.5. The molecule has 1 atom stereocenters. The zero-order chi connectivity index (χ0) is 20.4. The quantitative estimate of drug-likeness (QED) is 0.496. The summed E-state index contributed by atoms with van der Waals surface area (Å²) in [6.07, 6.45) is -0.0348. The van der Waals surface area contributed by atoms with Crippen LogP contribution in [0.4, 0.5) is 0 Å². The summed E-state index contributed by atoms with van der Waals surface area (Å²) in [5, 5.41) is 6.70. The van der Waals surface area contributed by atoms with Crippen molar-refractivity contribution in [2.24, 2.45) is 4.99 Å². The Bertz CT molecular complexity index is 615. The highest BCUT2D eigenvalue weighted by Gasteiger charge is 2.28. The summed E-state index contributed by atoms with van der Waals surface area (Å²) >= 11 is 0. The number of ether oxygens (including phenoxy) is 3. The molecule has 28 heavy (non-hydrogen) atoms. The van der Waals surface area contributed by atoms with Crippen LogP contribution in [0.2, 0.25) is 0 Å². The van der Waals surface area contributed by atoms with Crippen LogP contribution in [0.15, 0.2) is 29.3 Å². The smallest absolute Gasteiger partial charge is 0.191 e. The molecule has 0 saturated carbocycles. The van der Waals surface area contributed by atoms with E-state index in [2.05, 4.69) is 36.3 Å². The molecular formula is C21H36N4O3. The lowest BCUT2D eigenvalue weighted by atomic mass is 10.0. The van der Waals surface area contributed by atoms with Crippen molar-refractivity contribution in [1.29, 1.82) is 0 Å². The summed E-state index contributed by atoms with van der Waals surface area (Å²) in [7, 11) is 1.65. The minimum Gasteiger partial charge on any atom is -0.493 e. The molecule has 1 aliphatic rings. The molecular weight excluding hydrogens is 356 g/mol. The van der Waals surface area contributed by atoms with Gasteiger partial charge in [0.05, 0.1) is 33.4 Å². The summed E-state index contributed by atoms with van der Waals surface area (Å²) in [5.41, 5.74) is -0.00828. The maximum atomic E-state index is 6.01. The van der Waals surface area contributed by atoms with E-state index >= 15 is 0 Å². The molecule has 0 spiro atoms. The Morgan fingerprint density at radius 2 is 1.89 bits per heavy atom. The Labute approximate surface area is 169 Å². The number of benzene rings is 1. The van der Waals surface area contributed by atoms with Gasteiger partial charge in [-0.2, -0.15) is 0 Å². The lowest BCUT2D eigenvalue weighted by Gasteiger charge is -2.39. The van der Waals surface area contributed by atoms with Crippen LogP contribution in [-0.2, 0) is 4.74 Å². The maximum absolute atomic E-state index is 6.01. The molecule has 0 bridgehead atoms. The van der Waals surface area contributed by atoms with E-state index in [0.717, 1.165) is 50.3 Å². The summed E-state index contributed by atoms with van der Waals surface area (Å²) in [6, 6.07) is 7.69. The molecule has 1 aliphatic heterocycles. The number of nitrogens with zero attached hydrogens (tertiary/aromatic N) is 2. The van der Waals surface area contributed by atoms with Crippen molar-refractivity contribution in [2.75, 3.05) is 53.0 Å². The summed E-state index contributed by atoms with van der Waals surface area (Å²) in [4.78, 5) is 7.25. The summed E-state index contributed by atoms with van der Waals surface area (Å²) in [6.45, 7) is 14.2. The standard InChI is InChI=1S/C21H36N4O3/c1-6-22-20(24-16-21(3,4)25-11-13-27-14-12-25)23-15-17(2)28-19-10-8-7-9-18(19)26-5/h7-10,17H,6,11-16H2,1-5H3,(H2,22,23,24). The average Bonchev–Trinajstić information content (AvgIpc) is 2.71. The van der Waals surface area contributed by atoms with Crippen LogP contribution in [-0.4, -0.2) is 75.5 Å². The first-order valence-electron chi connectivity index (χ1n) is 10.1. The molecule has 1 unspecified atom stereocenters. The zero-order valence-corrected chi connectivity index (χ0v) is 18.0. The van der Waals surface area contributed by atoms with E-state index in [4.69, 9.17) is 19.2 Å². The number of aliphatic imine (C=N–C) groups is 1. The Hall–Kier alpha value is -1.99. The molecule has 0 aliphatic carbocycles. The van der Waals surface area contributed by atoms with Crippen LogP contribution in [0.25, 0.3) is 0 Å². The molecule has 1 aromatic carbocycles. The fourth-order valence-electron chi connectivity index (χ4n) is 3.10. The van der Waals surface area contributed by atoms with Crippen molar-refractivity contribution in [2.45, 2.75) is 39.3 Å². The SMILES string of the molecule is CCNC(=NCC(C)(C)N1CCOCC1)NCC(C)Oc1ccccc1OC. The Balaban J connectivity index is 1.89. The van der Waals surface area contributed by atoms with Gasteiger partial charge in [-0.3, -0.25) is 9.89 Å². The van der Waals surface area contributed by atoms with E-state index < -0.39 is 0 Å². The molecule has 1 saturated heterocycles. The van der Waals surface area contributed by atoms with Crippen molar-refractivity contribution in [1.82, 2.24) is 15.5 Å². The minimum absolute atomic E-state index is 0.00828. The van der Waals surface area contributed by atoms with Crippen molar-refractivity contribution in [3.05, 3.63) is 24.3 Å². The topological polar surface area (TPSA) is 67.4 Å². The van der Waals surface area contributed by atoms with Crippen molar-refractivity contribution >= 4 is 5.96 Å². The van der Waals surface area contributed by atoms with Crippen molar-refractivity contribution in [3.8, 4) is 11.5 Å². The molecule has 0 amide bonds. The molecule has 2 rings (SSSR count). The van der Waals surface area contributed by atoms with Crippen LogP contribution < -0.4 is 20.1 Å². The van der Waals surface area contributed by atoms with E-state index in [1.54, 1.807) is 7.11 Å². The molecule has 1 fully saturated rings. The molecule has 2 N–H and O–H groups in total. The molecule has 158 valence electrons. The van der Waals surface area contributed by atoms with Crippen LogP contribution in [0.5, 0.6) is 11.5 Å². The third-order valence-corrected chi connectivity index (χ3v) is 4.79. The lowest BCUT2D eigenvalue weighted by Crippen LogP contribution is -2.52. The van der Waals surface area contributed by atoms with Crippen LogP contribution in [0.3, 0.4) is 0 Å². The van der Waals surface area contributed by atoms with Crippen LogP contribution >= 0.6 is 0 Å². The van der Waals surface area contributed by atoms with E-state index in [9.17, 15) is 0 Å². The van der Waals surface area contributed by atoms with Gasteiger partial charge in [-0.1, -0.05) is 12.1 Å². The number of nitrogens with one attached hydrogen (secondary N) is 2. The number of hydrogen-bond acceptors (Lipinski definition) is 5. The van der Waals surface area contributed by atoms with Gasteiger partial charge in [-0.25, -0.2) is 0 Å². The lowest BCUT2D eigenvalue weighted by molar-refractivity contribution is -0.00684. The zero-order valence-electron chi connectivity index (χ0n) is 18.0. The van der Waals surface area contributed by atoms with E-state index in [0.29, 0.717) is 13.1 Å². The second-order valence-corrected chi connectivity index (χ2v) is 7.57. The van der Waals surface area contributed by atoms with Gasteiger partial charge < -0.3 is 24.8 Å². The first-order chi connectivity index (χ1) is 13.5. The van der Waals surface area contributed by atoms with Gasteiger partial charge in [0.2, 0.25) is 0 Å². The number of guanidine groups is 1. The third-order valence-electron chi connectivity index (χ3n) is 4.79. The average molecular weight is 393 g/mol. The molecule has 0 aromatic heterocycles. The number of methoxy groups -OCH3 is 1. The monoisotopic (exact) mass is 392 g/mol. The van der Waals surface area contributed by atoms with Gasteiger partial charge in [0, 0.05) is 25.2 Å². The fraction of sp³-hybridized carbons (Fsp3) is 0.667. The van der Waals surface area contributed by atoms with Crippen LogP contribution in [0.1, 0.15) is 27.7 Å². The number of hydrogen-bond donors (Lipinski definition) is 2. The third kappa shape index (κ3) is 6.87. The molecule has 7 nitrogen and oxygen atoms in total. The second-order valence-electron chi connectivity index (χ2n) is 7.57. The minimum atomic E-state index is -0.0348. The fourth-order valence-corrected chi connectivity index (χ4v) is 3.10. The number of morpholine rings is 1. The summed E-state index contributed by atoms with van der Waals surface area (Å²) in [5.74, 6) is 2.29. The van der Waals surface area contributed by atoms with Crippen LogP contribution in [0, 0.1) is 0 Å². The Morgan fingerprint density at radius 1 is 1.21 bits per heavy atom. The predicted molar refractivity (Wildman–Crippen MR) is 114 cm³/mol. The van der Waals surface area contributed by atoms with Gasteiger partial charge in [0.1, 0.15) is 6.10 Å². The van der Waals surface area contributed by atoms with E-state index in [-0.39, 0.29) is 11.6 Å².